The van der Waals surface area contributed by atoms with Gasteiger partial charge in [-0.05, 0) is 23.6 Å². The maximum Gasteiger partial charge on any atom is 0.215 e. The van der Waals surface area contributed by atoms with Gasteiger partial charge in [0.25, 0.3) is 0 Å². The van der Waals surface area contributed by atoms with E-state index < -0.39 is 0 Å². The lowest BCUT2D eigenvalue weighted by atomic mass is 10.3. The number of morpholine rings is 1. The molecule has 0 bridgehead atoms. The second-order valence-corrected chi connectivity index (χ2v) is 7.32. The molecule has 5 rings (SSSR count). The van der Waals surface area contributed by atoms with E-state index >= 15 is 0 Å². The summed E-state index contributed by atoms with van der Waals surface area (Å²) in [4.78, 5) is 8.63. The van der Waals surface area contributed by atoms with Crippen LogP contribution in [0.5, 0.6) is 0 Å². The maximum atomic E-state index is 5.46. The summed E-state index contributed by atoms with van der Waals surface area (Å²) < 4.78 is 10.0. The molecule has 1 aromatic carbocycles. The molecule has 5 nitrogen and oxygen atoms in total. The molecule has 0 saturated carbocycles. The van der Waals surface area contributed by atoms with Crippen LogP contribution in [0.4, 0.5) is 0 Å². The average Bonchev–Trinajstić information content (AvgIpc) is 3.37. The second kappa shape index (κ2) is 6.29. The third-order valence-electron chi connectivity index (χ3n) is 4.88. The number of rotatable bonds is 4. The number of ether oxygens (including phenoxy) is 1. The Hall–Kier alpha value is -2.15. The van der Waals surface area contributed by atoms with Crippen molar-refractivity contribution in [2.45, 2.75) is 6.54 Å². The molecule has 0 N–H and O–H groups in total. The average molecular weight is 352 g/mol. The first-order valence-electron chi connectivity index (χ1n) is 8.70. The lowest BCUT2D eigenvalue weighted by Gasteiger charge is -2.26. The summed E-state index contributed by atoms with van der Waals surface area (Å²) in [5, 5.41) is 2.10. The van der Waals surface area contributed by atoms with Crippen molar-refractivity contribution in [2.75, 3.05) is 32.8 Å². The van der Waals surface area contributed by atoms with Gasteiger partial charge in [0.2, 0.25) is 5.78 Å². The van der Waals surface area contributed by atoms with E-state index in [2.05, 4.69) is 61.8 Å². The van der Waals surface area contributed by atoms with Crippen LogP contribution in [0, 0.1) is 0 Å². The van der Waals surface area contributed by atoms with Crippen LogP contribution in [-0.4, -0.2) is 51.7 Å². The first kappa shape index (κ1) is 15.1. The SMILES string of the molecule is c1csc(-c2cn3c4ccccc4n(CCN4CCOCC4)c3n2)c1. The highest BCUT2D eigenvalue weighted by Gasteiger charge is 2.16. The summed E-state index contributed by atoms with van der Waals surface area (Å²) in [6.45, 7) is 5.69. The van der Waals surface area contributed by atoms with Crippen LogP contribution in [0.1, 0.15) is 0 Å². The Morgan fingerprint density at radius 2 is 1.84 bits per heavy atom. The minimum atomic E-state index is 0.841. The number of aromatic nitrogens is 3. The molecule has 0 unspecified atom stereocenters. The standard InChI is InChI=1S/C19H20N4OS/c1-2-5-17-16(4-1)22(8-7-21-9-11-24-12-10-21)19-20-15(14-23(17)19)18-6-3-13-25-18/h1-6,13-14H,7-12H2. The maximum absolute atomic E-state index is 5.46. The Kier molecular flexibility index (Phi) is 3.81. The highest BCUT2D eigenvalue weighted by molar-refractivity contribution is 7.13. The van der Waals surface area contributed by atoms with Gasteiger partial charge in [-0.2, -0.15) is 0 Å². The van der Waals surface area contributed by atoms with Crippen LogP contribution in [0.3, 0.4) is 0 Å². The Bertz CT molecular complexity index is 995. The van der Waals surface area contributed by atoms with Crippen molar-refractivity contribution in [1.29, 1.82) is 0 Å². The molecule has 4 aromatic rings. The van der Waals surface area contributed by atoms with E-state index in [9.17, 15) is 0 Å². The van der Waals surface area contributed by atoms with Gasteiger partial charge in [-0.3, -0.25) is 9.30 Å². The number of hydrogen-bond donors (Lipinski definition) is 0. The zero-order valence-corrected chi connectivity index (χ0v) is 14.8. The van der Waals surface area contributed by atoms with Gasteiger partial charge in [0.15, 0.2) is 0 Å². The van der Waals surface area contributed by atoms with Crippen LogP contribution in [-0.2, 0) is 11.3 Å². The molecular weight excluding hydrogens is 332 g/mol. The Labute approximate surface area is 150 Å². The Balaban J connectivity index is 1.56. The van der Waals surface area contributed by atoms with E-state index in [4.69, 9.17) is 9.72 Å². The summed E-state index contributed by atoms with van der Waals surface area (Å²) in [6.07, 6.45) is 2.16. The highest BCUT2D eigenvalue weighted by Crippen LogP contribution is 2.28. The Morgan fingerprint density at radius 3 is 2.64 bits per heavy atom. The first-order valence-corrected chi connectivity index (χ1v) is 9.58. The normalized spacial score (nSPS) is 16.2. The van der Waals surface area contributed by atoms with Gasteiger partial charge in [0, 0.05) is 32.4 Å². The predicted molar refractivity (Wildman–Crippen MR) is 101 cm³/mol. The van der Waals surface area contributed by atoms with E-state index in [1.54, 1.807) is 11.3 Å². The Morgan fingerprint density at radius 1 is 1.00 bits per heavy atom. The van der Waals surface area contributed by atoms with E-state index in [1.165, 1.54) is 15.9 Å². The molecule has 0 atom stereocenters. The van der Waals surface area contributed by atoms with Crippen molar-refractivity contribution in [2.24, 2.45) is 0 Å². The zero-order valence-electron chi connectivity index (χ0n) is 14.0. The van der Waals surface area contributed by atoms with E-state index in [0.29, 0.717) is 0 Å². The number of hydrogen-bond acceptors (Lipinski definition) is 4. The fraction of sp³-hybridized carbons (Fsp3) is 0.316. The fourth-order valence-electron chi connectivity index (χ4n) is 3.57. The molecule has 1 aliphatic heterocycles. The largest absolute Gasteiger partial charge is 0.379 e. The number of nitrogens with zero attached hydrogens (tertiary/aromatic N) is 4. The smallest absolute Gasteiger partial charge is 0.215 e. The summed E-state index contributed by atoms with van der Waals surface area (Å²) >= 11 is 1.73. The lowest BCUT2D eigenvalue weighted by Crippen LogP contribution is -2.38. The van der Waals surface area contributed by atoms with Crippen LogP contribution in [0.15, 0.2) is 48.0 Å². The third-order valence-corrected chi connectivity index (χ3v) is 5.77. The van der Waals surface area contributed by atoms with Crippen molar-refractivity contribution in [3.8, 4) is 10.6 Å². The molecule has 0 amide bonds. The van der Waals surface area contributed by atoms with Gasteiger partial charge in [-0.1, -0.05) is 18.2 Å². The molecule has 1 fully saturated rings. The molecule has 0 aliphatic carbocycles. The van der Waals surface area contributed by atoms with Gasteiger partial charge in [0.05, 0.1) is 29.1 Å². The van der Waals surface area contributed by atoms with Gasteiger partial charge in [-0.25, -0.2) is 4.98 Å². The number of fused-ring (bicyclic) bond motifs is 3. The van der Waals surface area contributed by atoms with Crippen LogP contribution in [0.25, 0.3) is 27.4 Å². The quantitative estimate of drug-likeness (QED) is 0.565. The minimum Gasteiger partial charge on any atom is -0.379 e. The molecule has 25 heavy (non-hydrogen) atoms. The van der Waals surface area contributed by atoms with E-state index in [-0.39, 0.29) is 0 Å². The summed E-state index contributed by atoms with van der Waals surface area (Å²) in [7, 11) is 0. The molecule has 1 saturated heterocycles. The summed E-state index contributed by atoms with van der Waals surface area (Å²) in [5.74, 6) is 1.03. The van der Waals surface area contributed by atoms with E-state index in [0.717, 1.165) is 50.9 Å². The fourth-order valence-corrected chi connectivity index (χ4v) is 4.25. The molecular formula is C19H20N4OS. The number of para-hydroxylation sites is 2. The molecule has 0 radical (unpaired) electrons. The van der Waals surface area contributed by atoms with Crippen molar-refractivity contribution >= 4 is 28.1 Å². The molecule has 4 heterocycles. The molecule has 6 heteroatoms. The monoisotopic (exact) mass is 352 g/mol. The highest BCUT2D eigenvalue weighted by atomic mass is 32.1. The van der Waals surface area contributed by atoms with Crippen molar-refractivity contribution < 1.29 is 4.74 Å². The molecule has 1 aliphatic rings. The topological polar surface area (TPSA) is 34.7 Å². The zero-order chi connectivity index (χ0) is 16.6. The van der Waals surface area contributed by atoms with Crippen LogP contribution >= 0.6 is 11.3 Å². The van der Waals surface area contributed by atoms with Crippen molar-refractivity contribution in [3.05, 3.63) is 48.0 Å². The number of imidazole rings is 2. The number of benzene rings is 1. The molecule has 0 spiro atoms. The van der Waals surface area contributed by atoms with E-state index in [1.807, 2.05) is 0 Å². The van der Waals surface area contributed by atoms with Crippen molar-refractivity contribution in [3.63, 3.8) is 0 Å². The summed E-state index contributed by atoms with van der Waals surface area (Å²) in [5.41, 5.74) is 3.52. The second-order valence-electron chi connectivity index (χ2n) is 6.37. The molecule has 128 valence electrons. The van der Waals surface area contributed by atoms with Gasteiger partial charge >= 0.3 is 0 Å². The molecule has 3 aromatic heterocycles. The summed E-state index contributed by atoms with van der Waals surface area (Å²) in [6, 6.07) is 12.8. The van der Waals surface area contributed by atoms with Gasteiger partial charge in [0.1, 0.15) is 5.69 Å². The van der Waals surface area contributed by atoms with Gasteiger partial charge < -0.3 is 9.30 Å². The van der Waals surface area contributed by atoms with Crippen LogP contribution in [0.2, 0.25) is 0 Å². The predicted octanol–water partition coefficient (Wildman–Crippen LogP) is 3.35. The lowest BCUT2D eigenvalue weighted by molar-refractivity contribution is 0.0366. The number of thiophene rings is 1. The first-order chi connectivity index (χ1) is 12.4. The van der Waals surface area contributed by atoms with Crippen LogP contribution < -0.4 is 0 Å². The minimum absolute atomic E-state index is 0.841. The van der Waals surface area contributed by atoms with Crippen molar-refractivity contribution in [1.82, 2.24) is 18.9 Å². The van der Waals surface area contributed by atoms with Gasteiger partial charge in [-0.15, -0.1) is 11.3 Å². The third kappa shape index (κ3) is 2.66.